The normalized spacial score (nSPS) is 11.0. The van der Waals surface area contributed by atoms with Crippen LogP contribution in [0, 0.1) is 20.8 Å². The second-order valence-electron chi connectivity index (χ2n) is 6.76. The zero-order valence-electron chi connectivity index (χ0n) is 17.1. The maximum Gasteiger partial charge on any atom is 0.305 e. The molecule has 0 atom stereocenters. The first-order valence-corrected chi connectivity index (χ1v) is 9.61. The molecule has 1 amide bonds. The summed E-state index contributed by atoms with van der Waals surface area (Å²) in [5.41, 5.74) is 5.27. The van der Waals surface area contributed by atoms with Gasteiger partial charge in [-0.25, -0.2) is 0 Å². The average Bonchev–Trinajstić information content (AvgIpc) is 2.92. The molecule has 0 spiro atoms. The van der Waals surface area contributed by atoms with E-state index in [-0.39, 0.29) is 11.9 Å². The lowest BCUT2D eigenvalue weighted by atomic mass is 10.1. The van der Waals surface area contributed by atoms with E-state index >= 15 is 0 Å². The van der Waals surface area contributed by atoms with Gasteiger partial charge < -0.3 is 10.1 Å². The summed E-state index contributed by atoms with van der Waals surface area (Å²) in [7, 11) is 0. The quantitative estimate of drug-likeness (QED) is 0.409. The Morgan fingerprint density at radius 3 is 2.57 bits per heavy atom. The van der Waals surface area contributed by atoms with E-state index in [0.717, 1.165) is 17.0 Å². The molecule has 0 radical (unpaired) electrons. The fourth-order valence-electron chi connectivity index (χ4n) is 2.87. The van der Waals surface area contributed by atoms with Gasteiger partial charge in [-0.3, -0.25) is 14.3 Å². The Balaban J connectivity index is 1.90. The van der Waals surface area contributed by atoms with Crippen molar-refractivity contribution in [2.45, 2.75) is 47.1 Å². The van der Waals surface area contributed by atoms with Crippen molar-refractivity contribution in [1.29, 1.82) is 0 Å². The molecule has 0 saturated carbocycles. The first-order valence-electron chi connectivity index (χ1n) is 9.61. The van der Waals surface area contributed by atoms with Crippen LogP contribution in [0.2, 0.25) is 0 Å². The molecule has 28 heavy (non-hydrogen) atoms. The van der Waals surface area contributed by atoms with Gasteiger partial charge in [0.05, 0.1) is 18.8 Å². The Hall–Kier alpha value is -2.89. The van der Waals surface area contributed by atoms with Gasteiger partial charge in [0.15, 0.2) is 0 Å². The highest BCUT2D eigenvalue weighted by Gasteiger charge is 2.10. The minimum atomic E-state index is -0.237. The van der Waals surface area contributed by atoms with Gasteiger partial charge in [-0.05, 0) is 45.8 Å². The largest absolute Gasteiger partial charge is 0.466 e. The van der Waals surface area contributed by atoms with Crippen LogP contribution in [0.5, 0.6) is 0 Å². The van der Waals surface area contributed by atoms with Crippen LogP contribution in [0.3, 0.4) is 0 Å². The Morgan fingerprint density at radius 1 is 1.18 bits per heavy atom. The third-order valence-electron chi connectivity index (χ3n) is 4.45. The lowest BCUT2D eigenvalue weighted by Gasteiger charge is -2.05. The molecule has 0 fully saturated rings. The van der Waals surface area contributed by atoms with Gasteiger partial charge in [-0.15, -0.1) is 0 Å². The van der Waals surface area contributed by atoms with Gasteiger partial charge in [0.25, 0.3) is 0 Å². The maximum absolute atomic E-state index is 12.0. The van der Waals surface area contributed by atoms with E-state index in [2.05, 4.69) is 41.6 Å². The highest BCUT2D eigenvalue weighted by Crippen LogP contribution is 2.16. The SMILES string of the molecule is CCOC(=O)CCCNC(=O)/C=C/c1c(C)nn(Cc2ccc(C)cc2)c1C. The van der Waals surface area contributed by atoms with E-state index < -0.39 is 0 Å². The number of hydrogen-bond donors (Lipinski definition) is 1. The summed E-state index contributed by atoms with van der Waals surface area (Å²) < 4.78 is 6.81. The van der Waals surface area contributed by atoms with Crippen molar-refractivity contribution < 1.29 is 14.3 Å². The summed E-state index contributed by atoms with van der Waals surface area (Å²) in [6.45, 7) is 9.30. The number of benzene rings is 1. The molecule has 1 aromatic heterocycles. The average molecular weight is 383 g/mol. The first kappa shape index (κ1) is 21.4. The molecule has 2 aromatic rings. The third-order valence-corrected chi connectivity index (χ3v) is 4.45. The van der Waals surface area contributed by atoms with E-state index in [1.54, 1.807) is 13.0 Å². The topological polar surface area (TPSA) is 73.2 Å². The van der Waals surface area contributed by atoms with Crippen molar-refractivity contribution in [1.82, 2.24) is 15.1 Å². The summed E-state index contributed by atoms with van der Waals surface area (Å²) in [6.07, 6.45) is 4.17. The molecule has 0 saturated heterocycles. The minimum Gasteiger partial charge on any atom is -0.466 e. The van der Waals surface area contributed by atoms with Crippen molar-refractivity contribution in [2.75, 3.05) is 13.2 Å². The summed E-state index contributed by atoms with van der Waals surface area (Å²) in [5, 5.41) is 7.38. The lowest BCUT2D eigenvalue weighted by Crippen LogP contribution is -2.22. The number of hydrogen-bond acceptors (Lipinski definition) is 4. The number of aromatic nitrogens is 2. The third kappa shape index (κ3) is 6.37. The van der Waals surface area contributed by atoms with Crippen molar-refractivity contribution in [3.05, 3.63) is 58.4 Å². The second kappa shape index (κ2) is 10.4. The van der Waals surface area contributed by atoms with Crippen molar-refractivity contribution >= 4 is 18.0 Å². The summed E-state index contributed by atoms with van der Waals surface area (Å²) in [4.78, 5) is 23.3. The van der Waals surface area contributed by atoms with Gasteiger partial charge in [-0.1, -0.05) is 29.8 Å². The van der Waals surface area contributed by atoms with E-state index in [9.17, 15) is 9.59 Å². The second-order valence-corrected chi connectivity index (χ2v) is 6.76. The highest BCUT2D eigenvalue weighted by molar-refractivity contribution is 5.92. The van der Waals surface area contributed by atoms with Crippen LogP contribution in [0.15, 0.2) is 30.3 Å². The monoisotopic (exact) mass is 383 g/mol. The van der Waals surface area contributed by atoms with Gasteiger partial charge in [0.1, 0.15) is 0 Å². The molecule has 1 aromatic carbocycles. The van der Waals surface area contributed by atoms with Gasteiger partial charge in [-0.2, -0.15) is 5.10 Å². The van der Waals surface area contributed by atoms with Crippen LogP contribution >= 0.6 is 0 Å². The van der Waals surface area contributed by atoms with Crippen LogP contribution in [0.1, 0.15) is 47.8 Å². The number of aryl methyl sites for hydroxylation is 2. The molecule has 1 N–H and O–H groups in total. The predicted octanol–water partition coefficient (Wildman–Crippen LogP) is 3.33. The summed E-state index contributed by atoms with van der Waals surface area (Å²) in [6, 6.07) is 8.39. The molecule has 2 rings (SSSR count). The maximum atomic E-state index is 12.0. The molecule has 0 aliphatic carbocycles. The fourth-order valence-corrected chi connectivity index (χ4v) is 2.87. The fraction of sp³-hybridized carbons (Fsp3) is 0.409. The Labute approximate surface area is 166 Å². The predicted molar refractivity (Wildman–Crippen MR) is 110 cm³/mol. The smallest absolute Gasteiger partial charge is 0.305 e. The summed E-state index contributed by atoms with van der Waals surface area (Å²) >= 11 is 0. The number of carbonyl (C=O) groups is 2. The van der Waals surface area contributed by atoms with Crippen molar-refractivity contribution in [3.8, 4) is 0 Å². The molecule has 0 aliphatic heterocycles. The molecule has 150 valence electrons. The van der Waals surface area contributed by atoms with Crippen LogP contribution in [0.25, 0.3) is 6.08 Å². The van der Waals surface area contributed by atoms with E-state index in [4.69, 9.17) is 4.74 Å². The van der Waals surface area contributed by atoms with Crippen LogP contribution in [-0.2, 0) is 20.9 Å². The number of nitrogens with zero attached hydrogens (tertiary/aromatic N) is 2. The van der Waals surface area contributed by atoms with Gasteiger partial charge in [0.2, 0.25) is 5.91 Å². The molecule has 0 bridgehead atoms. The molecular weight excluding hydrogens is 354 g/mol. The molecule has 6 heteroatoms. The highest BCUT2D eigenvalue weighted by atomic mass is 16.5. The number of amides is 1. The van der Waals surface area contributed by atoms with Crippen LogP contribution < -0.4 is 5.32 Å². The molecule has 1 heterocycles. The number of rotatable bonds is 9. The van der Waals surface area contributed by atoms with Crippen molar-refractivity contribution in [2.24, 2.45) is 0 Å². The number of esters is 1. The number of carbonyl (C=O) groups excluding carboxylic acids is 2. The van der Waals surface area contributed by atoms with E-state index in [1.165, 1.54) is 17.2 Å². The van der Waals surface area contributed by atoms with E-state index in [0.29, 0.717) is 32.5 Å². The number of ether oxygens (including phenoxy) is 1. The lowest BCUT2D eigenvalue weighted by molar-refractivity contribution is -0.143. The molecule has 0 unspecified atom stereocenters. The first-order chi connectivity index (χ1) is 13.4. The van der Waals surface area contributed by atoms with Crippen LogP contribution in [0.4, 0.5) is 0 Å². The van der Waals surface area contributed by atoms with E-state index in [1.807, 2.05) is 18.5 Å². The van der Waals surface area contributed by atoms with Crippen molar-refractivity contribution in [3.63, 3.8) is 0 Å². The van der Waals surface area contributed by atoms with Gasteiger partial charge >= 0.3 is 5.97 Å². The Bertz CT molecular complexity index is 835. The zero-order chi connectivity index (χ0) is 20.5. The minimum absolute atomic E-state index is 0.186. The Morgan fingerprint density at radius 2 is 1.89 bits per heavy atom. The molecular formula is C22H29N3O3. The Kier molecular flexibility index (Phi) is 7.99. The summed E-state index contributed by atoms with van der Waals surface area (Å²) in [5.74, 6) is -0.423. The standard InChI is InChI=1S/C22H29N3O3/c1-5-28-22(27)7-6-14-23-21(26)13-12-20-17(3)24-25(18(20)4)15-19-10-8-16(2)9-11-19/h8-13H,5-7,14-15H2,1-4H3,(H,23,26)/b13-12+. The molecule has 0 aliphatic rings. The molecule has 6 nitrogen and oxygen atoms in total. The zero-order valence-corrected chi connectivity index (χ0v) is 17.1. The van der Waals surface area contributed by atoms with Crippen LogP contribution in [-0.4, -0.2) is 34.8 Å². The van der Waals surface area contributed by atoms with Gasteiger partial charge in [0, 0.05) is 30.3 Å². The number of nitrogens with one attached hydrogen (secondary N) is 1.